The van der Waals surface area contributed by atoms with Crippen molar-refractivity contribution >= 4 is 10.9 Å². The fourth-order valence-corrected chi connectivity index (χ4v) is 2.14. The highest BCUT2D eigenvalue weighted by molar-refractivity contribution is 5.77. The summed E-state index contributed by atoms with van der Waals surface area (Å²) in [5, 5.41) is 3.88. The van der Waals surface area contributed by atoms with E-state index in [2.05, 4.69) is 15.3 Å². The van der Waals surface area contributed by atoms with E-state index in [-0.39, 0.29) is 11.2 Å². The number of ether oxygens (including phenoxy) is 1. The van der Waals surface area contributed by atoms with Crippen molar-refractivity contribution in [2.45, 2.75) is 32.9 Å². The van der Waals surface area contributed by atoms with Crippen molar-refractivity contribution in [1.29, 1.82) is 0 Å². The maximum absolute atomic E-state index is 11.9. The van der Waals surface area contributed by atoms with Gasteiger partial charge in [-0.1, -0.05) is 12.1 Å². The van der Waals surface area contributed by atoms with Crippen molar-refractivity contribution in [3.8, 4) is 0 Å². The van der Waals surface area contributed by atoms with Gasteiger partial charge >= 0.3 is 0 Å². The summed E-state index contributed by atoms with van der Waals surface area (Å²) >= 11 is 0. The van der Waals surface area contributed by atoms with Crippen LogP contribution in [0.1, 0.15) is 26.6 Å². The van der Waals surface area contributed by atoms with Crippen molar-refractivity contribution in [3.63, 3.8) is 0 Å². The number of nitrogens with zero attached hydrogens (tertiary/aromatic N) is 1. The van der Waals surface area contributed by atoms with Crippen LogP contribution < -0.4 is 10.9 Å². The average Bonchev–Trinajstić information content (AvgIpc) is 2.38. The minimum atomic E-state index is -0.230. The zero-order valence-corrected chi connectivity index (χ0v) is 12.2. The van der Waals surface area contributed by atoms with E-state index in [1.165, 1.54) is 0 Å². The van der Waals surface area contributed by atoms with Crippen LogP contribution in [0.25, 0.3) is 10.9 Å². The smallest absolute Gasteiger partial charge is 0.258 e. The van der Waals surface area contributed by atoms with Crippen LogP contribution in [0.15, 0.2) is 29.1 Å². The number of para-hydroxylation sites is 1. The molecule has 5 nitrogen and oxygen atoms in total. The molecule has 0 radical (unpaired) electrons. The van der Waals surface area contributed by atoms with E-state index in [9.17, 15) is 4.79 Å². The Balaban J connectivity index is 2.06. The van der Waals surface area contributed by atoms with Crippen LogP contribution >= 0.6 is 0 Å². The maximum atomic E-state index is 11.9. The molecular formula is C15H21N3O2. The van der Waals surface area contributed by atoms with E-state index < -0.39 is 0 Å². The number of benzene rings is 1. The second-order valence-electron chi connectivity index (χ2n) is 5.33. The van der Waals surface area contributed by atoms with Gasteiger partial charge in [-0.05, 0) is 32.9 Å². The summed E-state index contributed by atoms with van der Waals surface area (Å²) < 4.78 is 5.61. The molecular weight excluding hydrogens is 254 g/mol. The standard InChI is InChI=1S/C15H21N3O2/c1-4-20-15(2,3)10-16-9-13-17-12-8-6-5-7-11(12)14(19)18-13/h5-8,16H,4,9-10H2,1-3H3,(H,17,18,19). The number of fused-ring (bicyclic) bond motifs is 1. The zero-order chi connectivity index (χ0) is 14.6. The number of aromatic nitrogens is 2. The molecule has 0 atom stereocenters. The molecule has 1 aromatic heterocycles. The number of rotatable bonds is 6. The van der Waals surface area contributed by atoms with Gasteiger partial charge in [0.2, 0.25) is 0 Å². The summed E-state index contributed by atoms with van der Waals surface area (Å²) in [7, 11) is 0. The molecule has 0 unspecified atom stereocenters. The number of hydrogen-bond donors (Lipinski definition) is 2. The van der Waals surface area contributed by atoms with Crippen molar-refractivity contribution in [1.82, 2.24) is 15.3 Å². The van der Waals surface area contributed by atoms with Gasteiger partial charge in [0.05, 0.1) is 23.0 Å². The van der Waals surface area contributed by atoms with Gasteiger partial charge in [-0.25, -0.2) is 4.98 Å². The Morgan fingerprint density at radius 3 is 2.85 bits per heavy atom. The normalized spacial score (nSPS) is 11.9. The molecule has 108 valence electrons. The highest BCUT2D eigenvalue weighted by Crippen LogP contribution is 2.08. The van der Waals surface area contributed by atoms with Gasteiger partial charge in [-0.15, -0.1) is 0 Å². The summed E-state index contributed by atoms with van der Waals surface area (Å²) in [6, 6.07) is 7.33. The third-order valence-electron chi connectivity index (χ3n) is 3.04. The van der Waals surface area contributed by atoms with Gasteiger partial charge < -0.3 is 15.0 Å². The van der Waals surface area contributed by atoms with Crippen LogP contribution in [0, 0.1) is 0 Å². The number of H-pyrrole nitrogens is 1. The molecule has 0 saturated carbocycles. The first-order valence-corrected chi connectivity index (χ1v) is 6.84. The topological polar surface area (TPSA) is 67.0 Å². The van der Waals surface area contributed by atoms with E-state index >= 15 is 0 Å². The second kappa shape index (κ2) is 6.15. The number of aromatic amines is 1. The van der Waals surface area contributed by atoms with Crippen molar-refractivity contribution in [2.75, 3.05) is 13.2 Å². The van der Waals surface area contributed by atoms with Gasteiger partial charge in [-0.2, -0.15) is 0 Å². The molecule has 0 bridgehead atoms. The molecule has 1 aromatic carbocycles. The summed E-state index contributed by atoms with van der Waals surface area (Å²) in [6.07, 6.45) is 0. The Labute approximate surface area is 118 Å². The summed E-state index contributed by atoms with van der Waals surface area (Å²) in [5.41, 5.74) is 0.389. The third-order valence-corrected chi connectivity index (χ3v) is 3.04. The Bertz CT molecular complexity index is 634. The van der Waals surface area contributed by atoms with Crippen molar-refractivity contribution in [2.24, 2.45) is 0 Å². The van der Waals surface area contributed by atoms with Gasteiger partial charge in [0.15, 0.2) is 0 Å². The lowest BCUT2D eigenvalue weighted by Gasteiger charge is -2.24. The highest BCUT2D eigenvalue weighted by Gasteiger charge is 2.16. The lowest BCUT2D eigenvalue weighted by Crippen LogP contribution is -2.37. The lowest BCUT2D eigenvalue weighted by molar-refractivity contribution is -0.00906. The van der Waals surface area contributed by atoms with Crippen LogP contribution in [-0.4, -0.2) is 28.7 Å². The van der Waals surface area contributed by atoms with Crippen LogP contribution in [0.4, 0.5) is 0 Å². The van der Waals surface area contributed by atoms with Crippen LogP contribution in [0.2, 0.25) is 0 Å². The molecule has 0 aliphatic carbocycles. The Kier molecular flexibility index (Phi) is 4.52. The fraction of sp³-hybridized carbons (Fsp3) is 0.467. The minimum absolute atomic E-state index is 0.100. The first-order chi connectivity index (χ1) is 9.52. The molecule has 0 aliphatic heterocycles. The van der Waals surface area contributed by atoms with Gasteiger partial charge in [-0.3, -0.25) is 4.79 Å². The van der Waals surface area contributed by atoms with Crippen LogP contribution in [-0.2, 0) is 11.3 Å². The molecule has 0 amide bonds. The van der Waals surface area contributed by atoms with E-state index in [0.717, 1.165) is 5.52 Å². The third kappa shape index (κ3) is 3.65. The van der Waals surface area contributed by atoms with E-state index in [1.54, 1.807) is 6.07 Å². The van der Waals surface area contributed by atoms with E-state index in [1.807, 2.05) is 39.0 Å². The van der Waals surface area contributed by atoms with Crippen LogP contribution in [0.5, 0.6) is 0 Å². The molecule has 0 aliphatic rings. The first-order valence-electron chi connectivity index (χ1n) is 6.84. The van der Waals surface area contributed by atoms with Gasteiger partial charge in [0, 0.05) is 13.2 Å². The molecule has 0 saturated heterocycles. The van der Waals surface area contributed by atoms with E-state index in [4.69, 9.17) is 4.74 Å². The molecule has 0 fully saturated rings. The molecule has 2 rings (SSSR count). The molecule has 2 N–H and O–H groups in total. The monoisotopic (exact) mass is 275 g/mol. The Morgan fingerprint density at radius 2 is 2.10 bits per heavy atom. The highest BCUT2D eigenvalue weighted by atomic mass is 16.5. The SMILES string of the molecule is CCOC(C)(C)CNCc1nc2ccccc2c(=O)[nH]1. The van der Waals surface area contributed by atoms with Gasteiger partial charge in [0.1, 0.15) is 5.82 Å². The second-order valence-corrected chi connectivity index (χ2v) is 5.33. The molecule has 1 heterocycles. The quantitative estimate of drug-likeness (QED) is 0.844. The largest absolute Gasteiger partial charge is 0.375 e. The molecule has 5 heteroatoms. The zero-order valence-electron chi connectivity index (χ0n) is 12.2. The minimum Gasteiger partial charge on any atom is -0.375 e. The predicted molar refractivity (Wildman–Crippen MR) is 79.8 cm³/mol. The molecule has 0 spiro atoms. The van der Waals surface area contributed by atoms with Crippen LogP contribution in [0.3, 0.4) is 0 Å². The Morgan fingerprint density at radius 1 is 1.35 bits per heavy atom. The molecule has 2 aromatic rings. The van der Waals surface area contributed by atoms with Crippen molar-refractivity contribution in [3.05, 3.63) is 40.4 Å². The fourth-order valence-electron chi connectivity index (χ4n) is 2.14. The lowest BCUT2D eigenvalue weighted by atomic mass is 10.1. The summed E-state index contributed by atoms with van der Waals surface area (Å²) in [5.74, 6) is 0.640. The van der Waals surface area contributed by atoms with Crippen molar-refractivity contribution < 1.29 is 4.74 Å². The summed E-state index contributed by atoms with van der Waals surface area (Å²) in [6.45, 7) is 7.91. The van der Waals surface area contributed by atoms with Gasteiger partial charge in [0.25, 0.3) is 5.56 Å². The summed E-state index contributed by atoms with van der Waals surface area (Å²) in [4.78, 5) is 19.2. The van der Waals surface area contributed by atoms with E-state index in [0.29, 0.717) is 30.9 Å². The first kappa shape index (κ1) is 14.7. The number of nitrogens with one attached hydrogen (secondary N) is 2. The predicted octanol–water partition coefficient (Wildman–Crippen LogP) is 1.83. The average molecular weight is 275 g/mol. The number of hydrogen-bond acceptors (Lipinski definition) is 4. The molecule has 20 heavy (non-hydrogen) atoms. The maximum Gasteiger partial charge on any atom is 0.258 e. The Hall–Kier alpha value is -1.72.